The van der Waals surface area contributed by atoms with E-state index in [2.05, 4.69) is 5.10 Å². The Bertz CT molecular complexity index is 692. The molecule has 0 radical (unpaired) electrons. The molecule has 5 heteroatoms. The van der Waals surface area contributed by atoms with E-state index in [1.165, 1.54) is 19.3 Å². The number of carbonyl (C=O) groups excluding carboxylic acids is 1. The molecule has 0 saturated heterocycles. The molecule has 1 aromatic carbocycles. The molecule has 2 aliphatic rings. The normalized spacial score (nSPS) is 17.7. The lowest BCUT2D eigenvalue weighted by molar-refractivity contribution is 0.0631. The molecule has 120 valence electrons. The van der Waals surface area contributed by atoms with Gasteiger partial charge in [-0.15, -0.1) is 0 Å². The van der Waals surface area contributed by atoms with E-state index in [0.717, 1.165) is 31.1 Å². The smallest absolute Gasteiger partial charge is 0.272 e. The van der Waals surface area contributed by atoms with Gasteiger partial charge in [0.25, 0.3) is 5.91 Å². The number of aromatic nitrogens is 2. The van der Waals surface area contributed by atoms with Crippen molar-refractivity contribution < 1.29 is 9.53 Å². The fourth-order valence-corrected chi connectivity index (χ4v) is 3.20. The van der Waals surface area contributed by atoms with Gasteiger partial charge in [-0.1, -0.05) is 24.6 Å². The highest BCUT2D eigenvalue weighted by molar-refractivity contribution is 5.93. The number of fused-ring (bicyclic) bond motifs is 1. The van der Waals surface area contributed by atoms with Gasteiger partial charge in [0.2, 0.25) is 0 Å². The first kappa shape index (κ1) is 14.3. The van der Waals surface area contributed by atoms with Gasteiger partial charge in [-0.25, -0.2) is 0 Å². The molecule has 0 unspecified atom stereocenters. The van der Waals surface area contributed by atoms with Crippen molar-refractivity contribution in [1.29, 1.82) is 0 Å². The van der Waals surface area contributed by atoms with Crippen LogP contribution in [0.2, 0.25) is 0 Å². The Morgan fingerprint density at radius 3 is 2.74 bits per heavy atom. The molecule has 0 bridgehead atoms. The van der Waals surface area contributed by atoms with E-state index in [9.17, 15) is 4.79 Å². The molecule has 1 fully saturated rings. The number of carbonyl (C=O) groups is 1. The molecule has 5 nitrogen and oxygen atoms in total. The highest BCUT2D eigenvalue weighted by atomic mass is 16.5. The lowest BCUT2D eigenvalue weighted by atomic mass is 9.85. The fourth-order valence-electron chi connectivity index (χ4n) is 3.20. The lowest BCUT2D eigenvalue weighted by Crippen LogP contribution is -2.43. The number of benzene rings is 1. The molecule has 1 aliphatic carbocycles. The average Bonchev–Trinajstić information content (AvgIpc) is 2.96. The largest absolute Gasteiger partial charge is 0.487 e. The Hall–Kier alpha value is -2.30. The average molecular weight is 311 g/mol. The quantitative estimate of drug-likeness (QED) is 0.853. The van der Waals surface area contributed by atoms with Gasteiger partial charge < -0.3 is 9.64 Å². The molecule has 23 heavy (non-hydrogen) atoms. The lowest BCUT2D eigenvalue weighted by Gasteiger charge is -2.34. The summed E-state index contributed by atoms with van der Waals surface area (Å²) >= 11 is 0. The molecular formula is C18H21N3O2. The van der Waals surface area contributed by atoms with Gasteiger partial charge in [0, 0.05) is 13.1 Å². The second kappa shape index (κ2) is 6.07. The summed E-state index contributed by atoms with van der Waals surface area (Å²) in [5.41, 5.74) is 1.50. The standard InChI is InChI=1S/C18H21N3O2/c22-18-17-11-15(13-23-16-7-2-1-3-8-16)19-21(17)10-9-20(18)12-14-5-4-6-14/h1-3,7-8,11,14H,4-6,9-10,12-13H2. The van der Waals surface area contributed by atoms with E-state index in [1.807, 2.05) is 46.0 Å². The number of para-hydroxylation sites is 1. The molecule has 2 heterocycles. The molecule has 0 N–H and O–H groups in total. The second-order valence-electron chi connectivity index (χ2n) is 6.39. The van der Waals surface area contributed by atoms with E-state index < -0.39 is 0 Å². The van der Waals surface area contributed by atoms with Crippen LogP contribution < -0.4 is 4.74 Å². The number of hydrogen-bond donors (Lipinski definition) is 0. The molecule has 1 aliphatic heterocycles. The monoisotopic (exact) mass is 311 g/mol. The minimum Gasteiger partial charge on any atom is -0.487 e. The zero-order chi connectivity index (χ0) is 15.6. The van der Waals surface area contributed by atoms with Crippen molar-refractivity contribution >= 4 is 5.91 Å². The maximum absolute atomic E-state index is 12.6. The zero-order valence-electron chi connectivity index (χ0n) is 13.1. The minimum absolute atomic E-state index is 0.113. The summed E-state index contributed by atoms with van der Waals surface area (Å²) in [4.78, 5) is 14.6. The SMILES string of the molecule is O=C1c2cc(COc3ccccc3)nn2CCN1CC1CCC1. The van der Waals surface area contributed by atoms with Crippen LogP contribution in [0.3, 0.4) is 0 Å². The molecule has 1 saturated carbocycles. The highest BCUT2D eigenvalue weighted by Gasteiger charge is 2.29. The third-order valence-corrected chi connectivity index (χ3v) is 4.75. The maximum Gasteiger partial charge on any atom is 0.272 e. The number of rotatable bonds is 5. The van der Waals surface area contributed by atoms with Crippen LogP contribution in [0.5, 0.6) is 5.75 Å². The van der Waals surface area contributed by atoms with Crippen molar-refractivity contribution in [2.24, 2.45) is 5.92 Å². The summed E-state index contributed by atoms with van der Waals surface area (Å²) < 4.78 is 7.54. The van der Waals surface area contributed by atoms with Crippen LogP contribution in [0.15, 0.2) is 36.4 Å². The highest BCUT2D eigenvalue weighted by Crippen LogP contribution is 2.28. The van der Waals surface area contributed by atoms with Crippen LogP contribution in [0.4, 0.5) is 0 Å². The number of ether oxygens (including phenoxy) is 1. The Labute approximate surface area is 135 Å². The molecule has 0 spiro atoms. The van der Waals surface area contributed by atoms with Gasteiger partial charge in [0.1, 0.15) is 23.7 Å². The second-order valence-corrected chi connectivity index (χ2v) is 6.39. The number of nitrogens with zero attached hydrogens (tertiary/aromatic N) is 3. The van der Waals surface area contributed by atoms with E-state index in [-0.39, 0.29) is 5.91 Å². The van der Waals surface area contributed by atoms with Crippen LogP contribution >= 0.6 is 0 Å². The fraction of sp³-hybridized carbons (Fsp3) is 0.444. The number of amides is 1. The Morgan fingerprint density at radius 2 is 2.00 bits per heavy atom. The van der Waals surface area contributed by atoms with E-state index in [1.54, 1.807) is 0 Å². The van der Waals surface area contributed by atoms with Gasteiger partial charge >= 0.3 is 0 Å². The van der Waals surface area contributed by atoms with Crippen molar-refractivity contribution in [2.75, 3.05) is 13.1 Å². The first-order chi connectivity index (χ1) is 11.3. The van der Waals surface area contributed by atoms with Crippen molar-refractivity contribution in [3.05, 3.63) is 47.8 Å². The summed E-state index contributed by atoms with van der Waals surface area (Å²) in [6.45, 7) is 2.84. The summed E-state index contributed by atoms with van der Waals surface area (Å²) in [6, 6.07) is 11.5. The Morgan fingerprint density at radius 1 is 1.17 bits per heavy atom. The predicted molar refractivity (Wildman–Crippen MR) is 86.2 cm³/mol. The van der Waals surface area contributed by atoms with Crippen molar-refractivity contribution in [2.45, 2.75) is 32.4 Å². The van der Waals surface area contributed by atoms with Gasteiger partial charge in [0.05, 0.1) is 6.54 Å². The third-order valence-electron chi connectivity index (χ3n) is 4.75. The van der Waals surface area contributed by atoms with Gasteiger partial charge in [-0.2, -0.15) is 5.10 Å². The molecule has 0 atom stereocenters. The topological polar surface area (TPSA) is 47.4 Å². The molecule has 2 aromatic rings. The molecule has 1 amide bonds. The summed E-state index contributed by atoms with van der Waals surface area (Å²) in [5.74, 6) is 1.63. The van der Waals surface area contributed by atoms with Crippen LogP contribution in [-0.4, -0.2) is 33.7 Å². The van der Waals surface area contributed by atoms with Gasteiger partial charge in [-0.3, -0.25) is 9.48 Å². The summed E-state index contributed by atoms with van der Waals surface area (Å²) in [7, 11) is 0. The van der Waals surface area contributed by atoms with E-state index in [4.69, 9.17) is 4.74 Å². The van der Waals surface area contributed by atoms with Crippen LogP contribution in [-0.2, 0) is 13.2 Å². The van der Waals surface area contributed by atoms with Gasteiger partial charge in [0.15, 0.2) is 0 Å². The first-order valence-corrected chi connectivity index (χ1v) is 8.33. The summed E-state index contributed by atoms with van der Waals surface area (Å²) in [6.07, 6.45) is 3.84. The third kappa shape index (κ3) is 2.96. The van der Waals surface area contributed by atoms with E-state index >= 15 is 0 Å². The predicted octanol–water partition coefficient (Wildman–Crippen LogP) is 2.72. The Kier molecular flexibility index (Phi) is 3.77. The van der Waals surface area contributed by atoms with Crippen LogP contribution in [0.25, 0.3) is 0 Å². The van der Waals surface area contributed by atoms with Crippen molar-refractivity contribution in [3.63, 3.8) is 0 Å². The molecule has 4 rings (SSSR count). The van der Waals surface area contributed by atoms with Crippen LogP contribution in [0, 0.1) is 5.92 Å². The van der Waals surface area contributed by atoms with Gasteiger partial charge in [-0.05, 0) is 37.0 Å². The zero-order valence-corrected chi connectivity index (χ0v) is 13.1. The summed E-state index contributed by atoms with van der Waals surface area (Å²) in [5, 5.41) is 4.51. The Balaban J connectivity index is 1.42. The molecular weight excluding hydrogens is 290 g/mol. The minimum atomic E-state index is 0.113. The first-order valence-electron chi connectivity index (χ1n) is 8.33. The molecule has 1 aromatic heterocycles. The van der Waals surface area contributed by atoms with Crippen molar-refractivity contribution in [1.82, 2.24) is 14.7 Å². The number of hydrogen-bond acceptors (Lipinski definition) is 3. The maximum atomic E-state index is 12.6. The van der Waals surface area contributed by atoms with E-state index in [0.29, 0.717) is 18.2 Å². The van der Waals surface area contributed by atoms with Crippen LogP contribution in [0.1, 0.15) is 35.4 Å². The van der Waals surface area contributed by atoms with Crippen molar-refractivity contribution in [3.8, 4) is 5.75 Å².